The first-order valence-electron chi connectivity index (χ1n) is 10.0. The minimum atomic E-state index is -3.78. The quantitative estimate of drug-likeness (QED) is 0.692. The summed E-state index contributed by atoms with van der Waals surface area (Å²) in [5, 5.41) is 2.85. The first kappa shape index (κ1) is 21.3. The summed E-state index contributed by atoms with van der Waals surface area (Å²) in [6, 6.07) is 14.3. The van der Waals surface area contributed by atoms with Crippen molar-refractivity contribution in [3.05, 3.63) is 59.7 Å². The topological polar surface area (TPSA) is 84.5 Å². The lowest BCUT2D eigenvalue weighted by atomic mass is 9.96. The number of methoxy groups -OCH3 is 1. The van der Waals surface area contributed by atoms with E-state index in [9.17, 15) is 13.2 Å². The van der Waals surface area contributed by atoms with Crippen LogP contribution in [-0.2, 0) is 16.4 Å². The number of amides is 1. The molecule has 1 aliphatic rings. The van der Waals surface area contributed by atoms with E-state index < -0.39 is 10.0 Å². The normalized spacial score (nSPS) is 15.1. The van der Waals surface area contributed by atoms with Gasteiger partial charge in [0.1, 0.15) is 10.6 Å². The predicted octanol–water partition coefficient (Wildman–Crippen LogP) is 3.28. The van der Waals surface area contributed by atoms with E-state index in [1.54, 1.807) is 6.07 Å². The molecular formula is C22H28N2O4S. The van der Waals surface area contributed by atoms with Crippen molar-refractivity contribution in [3.8, 4) is 5.75 Å². The third-order valence-electron chi connectivity index (χ3n) is 5.18. The number of rotatable bonds is 8. The van der Waals surface area contributed by atoms with Gasteiger partial charge in [-0.3, -0.25) is 4.79 Å². The number of sulfonamides is 1. The molecule has 2 aromatic rings. The summed E-state index contributed by atoms with van der Waals surface area (Å²) < 4.78 is 33.9. The van der Waals surface area contributed by atoms with E-state index in [0.717, 1.165) is 37.7 Å². The van der Waals surface area contributed by atoms with Crippen LogP contribution in [0.15, 0.2) is 53.4 Å². The molecule has 0 spiro atoms. The first-order valence-corrected chi connectivity index (χ1v) is 11.5. The van der Waals surface area contributed by atoms with E-state index in [2.05, 4.69) is 10.0 Å². The fraction of sp³-hybridized carbons (Fsp3) is 0.409. The third-order valence-corrected chi connectivity index (χ3v) is 6.73. The number of nitrogens with one attached hydrogen (secondary N) is 2. The van der Waals surface area contributed by atoms with E-state index in [1.165, 1.54) is 19.2 Å². The van der Waals surface area contributed by atoms with Crippen LogP contribution >= 0.6 is 0 Å². The SMILES string of the molecule is COc1ccc(C(=O)NCCc2ccccc2)cc1S(=O)(=O)NC1CCCCC1. The standard InChI is InChI=1S/C22H28N2O4S/c1-28-20-13-12-18(22(25)23-15-14-17-8-4-2-5-9-17)16-21(20)29(26,27)24-19-10-6-3-7-11-19/h2,4-5,8-9,12-13,16,19,24H,3,6-7,10-11,14-15H2,1H3,(H,23,25). The molecule has 0 unspecified atom stereocenters. The molecular weight excluding hydrogens is 388 g/mol. The third kappa shape index (κ3) is 5.81. The number of carbonyl (C=O) groups is 1. The molecule has 3 rings (SSSR count). The predicted molar refractivity (Wildman–Crippen MR) is 113 cm³/mol. The van der Waals surface area contributed by atoms with Crippen LogP contribution in [0.2, 0.25) is 0 Å². The summed E-state index contributed by atoms with van der Waals surface area (Å²) in [4.78, 5) is 12.5. The van der Waals surface area contributed by atoms with Crippen LogP contribution in [0.25, 0.3) is 0 Å². The van der Waals surface area contributed by atoms with Crippen molar-refractivity contribution in [2.45, 2.75) is 49.5 Å². The van der Waals surface area contributed by atoms with Gasteiger partial charge in [0.05, 0.1) is 7.11 Å². The molecule has 0 heterocycles. The summed E-state index contributed by atoms with van der Waals surface area (Å²) in [5.41, 5.74) is 1.42. The van der Waals surface area contributed by atoms with Crippen molar-refractivity contribution in [2.24, 2.45) is 0 Å². The summed E-state index contributed by atoms with van der Waals surface area (Å²) in [7, 11) is -2.35. The van der Waals surface area contributed by atoms with Crippen LogP contribution in [0.1, 0.15) is 48.0 Å². The van der Waals surface area contributed by atoms with Crippen LogP contribution in [0.4, 0.5) is 0 Å². The maximum Gasteiger partial charge on any atom is 0.251 e. The van der Waals surface area contributed by atoms with Gasteiger partial charge in [0.15, 0.2) is 0 Å². The van der Waals surface area contributed by atoms with E-state index in [1.807, 2.05) is 30.3 Å². The molecule has 1 saturated carbocycles. The second-order valence-electron chi connectivity index (χ2n) is 7.31. The fourth-order valence-electron chi connectivity index (χ4n) is 3.60. The van der Waals surface area contributed by atoms with Gasteiger partial charge >= 0.3 is 0 Å². The summed E-state index contributed by atoms with van der Waals surface area (Å²) in [5.74, 6) is -0.0770. The van der Waals surface area contributed by atoms with Crippen molar-refractivity contribution >= 4 is 15.9 Å². The second kappa shape index (κ2) is 9.89. The monoisotopic (exact) mass is 416 g/mol. The van der Waals surface area contributed by atoms with Crippen LogP contribution in [0.5, 0.6) is 5.75 Å². The Bertz CT molecular complexity index is 923. The van der Waals surface area contributed by atoms with Crippen LogP contribution in [-0.4, -0.2) is 34.0 Å². The molecule has 6 nitrogen and oxygen atoms in total. The number of benzene rings is 2. The Morgan fingerprint density at radius 3 is 2.48 bits per heavy atom. The molecule has 156 valence electrons. The zero-order valence-electron chi connectivity index (χ0n) is 16.7. The average Bonchev–Trinajstić information content (AvgIpc) is 2.74. The van der Waals surface area contributed by atoms with Crippen molar-refractivity contribution in [2.75, 3.05) is 13.7 Å². The minimum absolute atomic E-state index is 0.00119. The lowest BCUT2D eigenvalue weighted by Gasteiger charge is -2.23. The van der Waals surface area contributed by atoms with Crippen LogP contribution < -0.4 is 14.8 Å². The fourth-order valence-corrected chi connectivity index (χ4v) is 5.10. The highest BCUT2D eigenvalue weighted by Crippen LogP contribution is 2.27. The zero-order valence-corrected chi connectivity index (χ0v) is 17.5. The van der Waals surface area contributed by atoms with Crippen molar-refractivity contribution in [1.82, 2.24) is 10.0 Å². The van der Waals surface area contributed by atoms with Gasteiger partial charge in [-0.05, 0) is 43.0 Å². The van der Waals surface area contributed by atoms with Gasteiger partial charge in [0.2, 0.25) is 10.0 Å². The highest BCUT2D eigenvalue weighted by atomic mass is 32.2. The molecule has 2 N–H and O–H groups in total. The highest BCUT2D eigenvalue weighted by Gasteiger charge is 2.26. The summed E-state index contributed by atoms with van der Waals surface area (Å²) in [6.45, 7) is 0.470. The van der Waals surface area contributed by atoms with Crippen LogP contribution in [0.3, 0.4) is 0 Å². The minimum Gasteiger partial charge on any atom is -0.495 e. The molecule has 2 aromatic carbocycles. The molecule has 7 heteroatoms. The van der Waals surface area contributed by atoms with E-state index in [-0.39, 0.29) is 22.6 Å². The molecule has 1 fully saturated rings. The zero-order chi connectivity index (χ0) is 20.7. The highest BCUT2D eigenvalue weighted by molar-refractivity contribution is 7.89. The molecule has 0 aliphatic heterocycles. The average molecular weight is 417 g/mol. The van der Waals surface area contributed by atoms with Crippen LogP contribution in [0, 0.1) is 0 Å². The number of carbonyl (C=O) groups excluding carboxylic acids is 1. The van der Waals surface area contributed by atoms with E-state index >= 15 is 0 Å². The maximum atomic E-state index is 12.9. The van der Waals surface area contributed by atoms with Crippen molar-refractivity contribution < 1.29 is 17.9 Å². The molecule has 0 aromatic heterocycles. The largest absolute Gasteiger partial charge is 0.495 e. The Kier molecular flexibility index (Phi) is 7.28. The van der Waals surface area contributed by atoms with E-state index in [0.29, 0.717) is 18.5 Å². The van der Waals surface area contributed by atoms with Gasteiger partial charge in [0, 0.05) is 18.2 Å². The molecule has 1 aliphatic carbocycles. The Labute approximate surface area is 172 Å². The summed E-state index contributed by atoms with van der Waals surface area (Å²) >= 11 is 0. The second-order valence-corrected chi connectivity index (χ2v) is 9.00. The van der Waals surface area contributed by atoms with Gasteiger partial charge in [-0.15, -0.1) is 0 Å². The van der Waals surface area contributed by atoms with Crippen molar-refractivity contribution in [3.63, 3.8) is 0 Å². The lowest BCUT2D eigenvalue weighted by molar-refractivity contribution is 0.0954. The Morgan fingerprint density at radius 1 is 1.07 bits per heavy atom. The number of hydrogen-bond acceptors (Lipinski definition) is 4. The van der Waals surface area contributed by atoms with Gasteiger partial charge < -0.3 is 10.1 Å². The molecule has 0 bridgehead atoms. The Morgan fingerprint density at radius 2 is 1.79 bits per heavy atom. The first-order chi connectivity index (χ1) is 14.0. The maximum absolute atomic E-state index is 12.9. The van der Waals surface area contributed by atoms with Crippen molar-refractivity contribution in [1.29, 1.82) is 0 Å². The van der Waals surface area contributed by atoms with Gasteiger partial charge in [-0.1, -0.05) is 49.6 Å². The molecule has 0 atom stereocenters. The molecule has 0 saturated heterocycles. The van der Waals surface area contributed by atoms with E-state index in [4.69, 9.17) is 4.74 Å². The number of hydrogen-bond donors (Lipinski definition) is 2. The molecule has 1 amide bonds. The van der Waals surface area contributed by atoms with Gasteiger partial charge in [0.25, 0.3) is 5.91 Å². The number of ether oxygens (including phenoxy) is 1. The lowest BCUT2D eigenvalue weighted by Crippen LogP contribution is -2.36. The Balaban J connectivity index is 1.71. The van der Waals surface area contributed by atoms with Gasteiger partial charge in [-0.2, -0.15) is 0 Å². The molecule has 0 radical (unpaired) electrons. The summed E-state index contributed by atoms with van der Waals surface area (Å²) in [6.07, 6.45) is 5.56. The Hall–Kier alpha value is -2.38. The smallest absolute Gasteiger partial charge is 0.251 e. The molecule has 29 heavy (non-hydrogen) atoms. The van der Waals surface area contributed by atoms with Gasteiger partial charge in [-0.25, -0.2) is 13.1 Å².